The van der Waals surface area contributed by atoms with Crippen LogP contribution in [-0.2, 0) is 4.79 Å². The van der Waals surface area contributed by atoms with Gasteiger partial charge in [-0.3, -0.25) is 9.59 Å². The summed E-state index contributed by atoms with van der Waals surface area (Å²) < 4.78 is 1.85. The Bertz CT molecular complexity index is 861. The van der Waals surface area contributed by atoms with E-state index in [0.717, 1.165) is 50.2 Å². The molecule has 162 valence electrons. The van der Waals surface area contributed by atoms with Crippen molar-refractivity contribution < 1.29 is 9.59 Å². The number of hydrogen-bond donors (Lipinski definition) is 2. The third-order valence-electron chi connectivity index (χ3n) is 5.94. The first-order valence-corrected chi connectivity index (χ1v) is 10.5. The first-order chi connectivity index (χ1) is 14.1. The second-order valence-corrected chi connectivity index (χ2v) is 8.08. The van der Waals surface area contributed by atoms with Gasteiger partial charge in [0.15, 0.2) is 0 Å². The minimum atomic E-state index is -0.0479. The summed E-state index contributed by atoms with van der Waals surface area (Å²) in [7, 11) is 0. The van der Waals surface area contributed by atoms with E-state index in [-0.39, 0.29) is 30.3 Å². The maximum atomic E-state index is 13.0. The normalized spacial score (nSPS) is 21.2. The average molecular weight is 432 g/mol. The van der Waals surface area contributed by atoms with Crippen molar-refractivity contribution in [1.29, 1.82) is 0 Å². The number of carbonyl (C=O) groups excluding carboxylic acids is 2. The molecule has 30 heavy (non-hydrogen) atoms. The molecule has 2 unspecified atom stereocenters. The molecule has 0 radical (unpaired) electrons. The largest absolute Gasteiger partial charge is 0.354 e. The Hall–Kier alpha value is -2.38. The highest BCUT2D eigenvalue weighted by Crippen LogP contribution is 2.19. The molecule has 0 saturated carbocycles. The molecule has 2 aliphatic heterocycles. The summed E-state index contributed by atoms with van der Waals surface area (Å²) in [4.78, 5) is 27.1. The molecule has 1 aromatic heterocycles. The molecule has 1 aromatic carbocycles. The van der Waals surface area contributed by atoms with Gasteiger partial charge in [-0.05, 0) is 75.4 Å². The Balaban J connectivity index is 0.00000256. The smallest absolute Gasteiger partial charge is 0.253 e. The van der Waals surface area contributed by atoms with Crippen molar-refractivity contribution >= 4 is 24.2 Å². The van der Waals surface area contributed by atoms with Gasteiger partial charge in [-0.1, -0.05) is 0 Å². The van der Waals surface area contributed by atoms with E-state index in [2.05, 4.69) is 15.7 Å². The van der Waals surface area contributed by atoms with Crippen molar-refractivity contribution in [2.75, 3.05) is 26.2 Å². The molecule has 3 heterocycles. The van der Waals surface area contributed by atoms with Crippen molar-refractivity contribution in [1.82, 2.24) is 25.3 Å². The molecule has 2 aliphatic rings. The zero-order valence-corrected chi connectivity index (χ0v) is 18.2. The van der Waals surface area contributed by atoms with Crippen molar-refractivity contribution in [2.24, 2.45) is 5.92 Å². The van der Waals surface area contributed by atoms with E-state index >= 15 is 0 Å². The van der Waals surface area contributed by atoms with Gasteiger partial charge in [0.2, 0.25) is 5.91 Å². The van der Waals surface area contributed by atoms with E-state index in [1.165, 1.54) is 0 Å². The van der Waals surface area contributed by atoms with Crippen LogP contribution in [0, 0.1) is 12.8 Å². The van der Waals surface area contributed by atoms with Crippen LogP contribution in [0.4, 0.5) is 0 Å². The third kappa shape index (κ3) is 5.02. The van der Waals surface area contributed by atoms with Gasteiger partial charge in [0, 0.05) is 37.1 Å². The highest BCUT2D eigenvalue weighted by Gasteiger charge is 2.27. The number of rotatable bonds is 5. The number of benzene rings is 1. The molecular formula is C22H30ClN5O2. The Morgan fingerprint density at radius 1 is 1.17 bits per heavy atom. The molecule has 2 amide bonds. The molecule has 2 N–H and O–H groups in total. The van der Waals surface area contributed by atoms with Gasteiger partial charge in [-0.25, -0.2) is 4.68 Å². The lowest BCUT2D eigenvalue weighted by molar-refractivity contribution is -0.123. The number of hydrogen-bond acceptors (Lipinski definition) is 4. The first kappa shape index (κ1) is 22.3. The molecule has 2 fully saturated rings. The molecule has 2 atom stereocenters. The van der Waals surface area contributed by atoms with Crippen LogP contribution in [0.15, 0.2) is 36.5 Å². The van der Waals surface area contributed by atoms with Gasteiger partial charge >= 0.3 is 0 Å². The molecule has 8 heteroatoms. The molecular weight excluding hydrogens is 402 g/mol. The number of halogens is 1. The van der Waals surface area contributed by atoms with Crippen molar-refractivity contribution in [3.05, 3.63) is 47.8 Å². The van der Waals surface area contributed by atoms with Crippen molar-refractivity contribution in [3.63, 3.8) is 0 Å². The van der Waals surface area contributed by atoms with Crippen LogP contribution in [-0.4, -0.2) is 58.7 Å². The minimum absolute atomic E-state index is 0. The molecule has 2 aromatic rings. The van der Waals surface area contributed by atoms with Crippen LogP contribution >= 0.6 is 12.4 Å². The number of nitrogens with one attached hydrogen (secondary N) is 2. The fraction of sp³-hybridized carbons (Fsp3) is 0.500. The quantitative estimate of drug-likeness (QED) is 0.761. The van der Waals surface area contributed by atoms with Gasteiger partial charge in [-0.2, -0.15) is 5.10 Å². The van der Waals surface area contributed by atoms with Gasteiger partial charge < -0.3 is 15.5 Å². The zero-order chi connectivity index (χ0) is 20.2. The summed E-state index contributed by atoms with van der Waals surface area (Å²) in [6.45, 7) is 5.02. The molecule has 0 spiro atoms. The summed E-state index contributed by atoms with van der Waals surface area (Å²) in [6.07, 6.45) is 5.75. The van der Waals surface area contributed by atoms with Crippen LogP contribution in [0.5, 0.6) is 0 Å². The maximum absolute atomic E-state index is 13.0. The van der Waals surface area contributed by atoms with Crippen LogP contribution in [0.1, 0.15) is 41.7 Å². The van der Waals surface area contributed by atoms with Gasteiger partial charge in [-0.15, -0.1) is 12.4 Å². The second kappa shape index (κ2) is 10.1. The SMILES string of the molecule is Cc1ccnn1-c1ccc(C(=O)N2CCCC(CNC(=O)C3CCCN3)C2)cc1.Cl. The van der Waals surface area contributed by atoms with E-state index in [9.17, 15) is 9.59 Å². The van der Waals surface area contributed by atoms with E-state index in [0.29, 0.717) is 24.6 Å². The number of aryl methyl sites for hydroxylation is 1. The Kier molecular flexibility index (Phi) is 7.50. The average Bonchev–Trinajstić information content (AvgIpc) is 3.44. The fourth-order valence-electron chi connectivity index (χ4n) is 4.26. The van der Waals surface area contributed by atoms with Crippen molar-refractivity contribution in [3.8, 4) is 5.69 Å². The van der Waals surface area contributed by atoms with E-state index in [1.54, 1.807) is 6.20 Å². The predicted molar refractivity (Wildman–Crippen MR) is 118 cm³/mol. The monoisotopic (exact) mass is 431 g/mol. The van der Waals surface area contributed by atoms with Gasteiger partial charge in [0.1, 0.15) is 0 Å². The number of likely N-dealkylation sites (tertiary alicyclic amines) is 1. The zero-order valence-electron chi connectivity index (χ0n) is 17.3. The van der Waals surface area contributed by atoms with E-state index < -0.39 is 0 Å². The van der Waals surface area contributed by atoms with Gasteiger partial charge in [0.05, 0.1) is 11.7 Å². The number of amides is 2. The lowest BCUT2D eigenvalue weighted by atomic mass is 9.97. The second-order valence-electron chi connectivity index (χ2n) is 8.08. The number of aromatic nitrogens is 2. The predicted octanol–water partition coefficient (Wildman–Crippen LogP) is 2.32. The molecule has 7 nitrogen and oxygen atoms in total. The molecule has 2 saturated heterocycles. The Morgan fingerprint density at radius 2 is 1.97 bits per heavy atom. The minimum Gasteiger partial charge on any atom is -0.354 e. The summed E-state index contributed by atoms with van der Waals surface area (Å²) in [5.74, 6) is 0.460. The Labute approximate surface area is 183 Å². The van der Waals surface area contributed by atoms with E-state index in [4.69, 9.17) is 0 Å². The molecule has 0 bridgehead atoms. The van der Waals surface area contributed by atoms with Gasteiger partial charge in [0.25, 0.3) is 5.91 Å². The maximum Gasteiger partial charge on any atom is 0.253 e. The number of nitrogens with zero attached hydrogens (tertiary/aromatic N) is 3. The van der Waals surface area contributed by atoms with Crippen LogP contribution < -0.4 is 10.6 Å². The fourth-order valence-corrected chi connectivity index (χ4v) is 4.26. The molecule has 4 rings (SSSR count). The summed E-state index contributed by atoms with van der Waals surface area (Å²) in [6, 6.07) is 9.51. The van der Waals surface area contributed by atoms with Crippen molar-refractivity contribution in [2.45, 2.75) is 38.6 Å². The molecule has 0 aliphatic carbocycles. The third-order valence-corrected chi connectivity index (χ3v) is 5.94. The highest BCUT2D eigenvalue weighted by molar-refractivity contribution is 5.94. The summed E-state index contributed by atoms with van der Waals surface area (Å²) >= 11 is 0. The van der Waals surface area contributed by atoms with Crippen LogP contribution in [0.25, 0.3) is 5.69 Å². The lowest BCUT2D eigenvalue weighted by Gasteiger charge is -2.33. The standard InChI is InChI=1S/C22H29N5O2.ClH/c1-16-10-12-25-27(16)19-8-6-18(7-9-19)22(29)26-13-3-4-17(15-26)14-24-21(28)20-5-2-11-23-20;/h6-10,12,17,20,23H,2-5,11,13-15H2,1H3,(H,24,28);1H. The summed E-state index contributed by atoms with van der Waals surface area (Å²) in [5.41, 5.74) is 2.69. The Morgan fingerprint density at radius 3 is 2.63 bits per heavy atom. The highest BCUT2D eigenvalue weighted by atomic mass is 35.5. The van der Waals surface area contributed by atoms with Crippen LogP contribution in [0.3, 0.4) is 0 Å². The first-order valence-electron chi connectivity index (χ1n) is 10.5. The lowest BCUT2D eigenvalue weighted by Crippen LogP contribution is -2.46. The number of piperidine rings is 1. The summed E-state index contributed by atoms with van der Waals surface area (Å²) in [5, 5.41) is 10.6. The van der Waals surface area contributed by atoms with E-state index in [1.807, 2.05) is 46.8 Å². The number of carbonyl (C=O) groups is 2. The topological polar surface area (TPSA) is 79.3 Å². The van der Waals surface area contributed by atoms with Crippen LogP contribution in [0.2, 0.25) is 0 Å².